The third kappa shape index (κ3) is 4.69. The number of amides is 1. The lowest BCUT2D eigenvalue weighted by molar-refractivity contribution is 0.116. The van der Waals surface area contributed by atoms with Crippen molar-refractivity contribution in [2.24, 2.45) is 5.92 Å². The van der Waals surface area contributed by atoms with Gasteiger partial charge in [-0.3, -0.25) is 4.90 Å². The number of benzene rings is 2. The topological polar surface area (TPSA) is 32.8 Å². The molecule has 142 valence electrons. The minimum atomic E-state index is -0.215. The second-order valence-electron chi connectivity index (χ2n) is 7.72. The van der Waals surface area contributed by atoms with Gasteiger partial charge in [0.1, 0.15) is 6.10 Å². The monoisotopic (exact) mass is 364 g/mol. The summed E-state index contributed by atoms with van der Waals surface area (Å²) in [6.07, 6.45) is 4.41. The van der Waals surface area contributed by atoms with E-state index >= 15 is 0 Å². The van der Waals surface area contributed by atoms with Gasteiger partial charge >= 0.3 is 6.09 Å². The van der Waals surface area contributed by atoms with Gasteiger partial charge in [-0.05, 0) is 62.4 Å². The molecule has 4 rings (SSSR count). The second-order valence-corrected chi connectivity index (χ2v) is 7.72. The maximum atomic E-state index is 12.1. The van der Waals surface area contributed by atoms with E-state index in [4.69, 9.17) is 4.74 Å². The van der Waals surface area contributed by atoms with Crippen molar-refractivity contribution >= 4 is 11.8 Å². The number of carbonyl (C=O) groups excluding carboxylic acids is 1. The van der Waals surface area contributed by atoms with Gasteiger partial charge < -0.3 is 9.64 Å². The third-order valence-corrected chi connectivity index (χ3v) is 5.78. The van der Waals surface area contributed by atoms with Crippen LogP contribution in [0.15, 0.2) is 60.7 Å². The third-order valence-electron chi connectivity index (χ3n) is 5.78. The van der Waals surface area contributed by atoms with E-state index in [1.807, 2.05) is 30.3 Å². The molecule has 0 radical (unpaired) electrons. The summed E-state index contributed by atoms with van der Waals surface area (Å²) in [5.41, 5.74) is 2.38. The molecule has 2 saturated heterocycles. The van der Waals surface area contributed by atoms with Gasteiger partial charge in [-0.1, -0.05) is 48.5 Å². The van der Waals surface area contributed by atoms with Crippen molar-refractivity contribution in [3.05, 3.63) is 66.2 Å². The summed E-state index contributed by atoms with van der Waals surface area (Å²) in [6.45, 7) is 3.98. The van der Waals surface area contributed by atoms with E-state index in [1.165, 1.54) is 24.8 Å². The minimum Gasteiger partial charge on any atom is -0.444 e. The van der Waals surface area contributed by atoms with E-state index in [0.29, 0.717) is 6.54 Å². The number of carbonyl (C=O) groups is 1. The summed E-state index contributed by atoms with van der Waals surface area (Å²) in [4.78, 5) is 16.4. The molecule has 4 nitrogen and oxygen atoms in total. The van der Waals surface area contributed by atoms with Crippen LogP contribution in [0.25, 0.3) is 0 Å². The second kappa shape index (κ2) is 8.57. The fourth-order valence-electron chi connectivity index (χ4n) is 4.18. The van der Waals surface area contributed by atoms with Crippen molar-refractivity contribution in [3.8, 4) is 0 Å². The number of hydrogen-bond donors (Lipinski definition) is 0. The molecule has 2 aromatic carbocycles. The molecule has 1 atom stereocenters. The van der Waals surface area contributed by atoms with Gasteiger partial charge in [0.25, 0.3) is 0 Å². The molecule has 0 bridgehead atoms. The fourth-order valence-corrected chi connectivity index (χ4v) is 4.18. The summed E-state index contributed by atoms with van der Waals surface area (Å²) < 4.78 is 5.58. The highest BCUT2D eigenvalue weighted by molar-refractivity contribution is 5.89. The summed E-state index contributed by atoms with van der Waals surface area (Å²) in [7, 11) is 0. The predicted molar refractivity (Wildman–Crippen MR) is 108 cm³/mol. The molecule has 0 aliphatic carbocycles. The first-order valence-electron chi connectivity index (χ1n) is 10.1. The molecule has 1 amide bonds. The Morgan fingerprint density at radius 3 is 2.30 bits per heavy atom. The Balaban J connectivity index is 1.20. The summed E-state index contributed by atoms with van der Waals surface area (Å²) in [5, 5.41) is 0. The first kappa shape index (κ1) is 18.1. The number of piperidine rings is 1. The quantitative estimate of drug-likeness (QED) is 0.764. The molecule has 0 aromatic heterocycles. The van der Waals surface area contributed by atoms with Crippen molar-refractivity contribution < 1.29 is 9.53 Å². The van der Waals surface area contributed by atoms with Crippen molar-refractivity contribution in [2.45, 2.75) is 31.8 Å². The SMILES string of the molecule is O=C1OC(CCN2CCC(Cc3ccccc3)CC2)CN1c1ccccc1. The zero-order valence-corrected chi connectivity index (χ0v) is 15.8. The van der Waals surface area contributed by atoms with Crippen LogP contribution in [0.4, 0.5) is 10.5 Å². The highest BCUT2D eigenvalue weighted by atomic mass is 16.6. The Hall–Kier alpha value is -2.33. The molecular formula is C23H28N2O2. The van der Waals surface area contributed by atoms with Gasteiger partial charge in [-0.2, -0.15) is 0 Å². The molecule has 2 aromatic rings. The minimum absolute atomic E-state index is 0.000233. The van der Waals surface area contributed by atoms with Crippen LogP contribution < -0.4 is 4.90 Å². The molecule has 1 unspecified atom stereocenters. The molecule has 0 saturated carbocycles. The lowest BCUT2D eigenvalue weighted by atomic mass is 9.90. The highest BCUT2D eigenvalue weighted by Gasteiger charge is 2.32. The van der Waals surface area contributed by atoms with Gasteiger partial charge in [0.05, 0.1) is 6.54 Å². The van der Waals surface area contributed by atoms with E-state index in [1.54, 1.807) is 4.90 Å². The predicted octanol–water partition coefficient (Wildman–Crippen LogP) is 4.36. The van der Waals surface area contributed by atoms with E-state index in [-0.39, 0.29) is 12.2 Å². The van der Waals surface area contributed by atoms with Crippen LogP contribution in [0.5, 0.6) is 0 Å². The largest absolute Gasteiger partial charge is 0.444 e. The summed E-state index contributed by atoms with van der Waals surface area (Å²) in [6, 6.07) is 20.6. The van der Waals surface area contributed by atoms with Crippen LogP contribution >= 0.6 is 0 Å². The number of cyclic esters (lactones) is 1. The molecule has 4 heteroatoms. The van der Waals surface area contributed by atoms with Crippen LogP contribution in [0.3, 0.4) is 0 Å². The zero-order valence-electron chi connectivity index (χ0n) is 15.8. The number of nitrogens with zero attached hydrogens (tertiary/aromatic N) is 2. The fraction of sp³-hybridized carbons (Fsp3) is 0.435. The Kier molecular flexibility index (Phi) is 5.73. The first-order valence-corrected chi connectivity index (χ1v) is 10.1. The van der Waals surface area contributed by atoms with Crippen LogP contribution in [0.1, 0.15) is 24.8 Å². The van der Waals surface area contributed by atoms with Crippen LogP contribution in [-0.4, -0.2) is 43.3 Å². The van der Waals surface area contributed by atoms with Crippen molar-refractivity contribution in [1.82, 2.24) is 4.90 Å². The van der Waals surface area contributed by atoms with Gasteiger partial charge in [0.15, 0.2) is 0 Å². The van der Waals surface area contributed by atoms with E-state index in [0.717, 1.165) is 37.7 Å². The van der Waals surface area contributed by atoms with Crippen LogP contribution in [0.2, 0.25) is 0 Å². The van der Waals surface area contributed by atoms with Crippen molar-refractivity contribution in [3.63, 3.8) is 0 Å². The maximum absolute atomic E-state index is 12.1. The summed E-state index contributed by atoms with van der Waals surface area (Å²) >= 11 is 0. The Bertz CT molecular complexity index is 727. The van der Waals surface area contributed by atoms with E-state index in [2.05, 4.69) is 35.2 Å². The van der Waals surface area contributed by atoms with E-state index in [9.17, 15) is 4.79 Å². The van der Waals surface area contributed by atoms with Crippen molar-refractivity contribution in [1.29, 1.82) is 0 Å². The number of hydrogen-bond acceptors (Lipinski definition) is 3. The van der Waals surface area contributed by atoms with E-state index < -0.39 is 0 Å². The molecule has 27 heavy (non-hydrogen) atoms. The molecule has 2 aliphatic rings. The Morgan fingerprint density at radius 2 is 1.59 bits per heavy atom. The summed E-state index contributed by atoms with van der Waals surface area (Å²) in [5.74, 6) is 0.793. The number of para-hydroxylation sites is 1. The van der Waals surface area contributed by atoms with Crippen LogP contribution in [-0.2, 0) is 11.2 Å². The number of anilines is 1. The molecule has 2 aliphatic heterocycles. The molecule has 0 N–H and O–H groups in total. The lowest BCUT2D eigenvalue weighted by Crippen LogP contribution is -2.36. The standard InChI is InChI=1S/C23H28N2O2/c26-23-25(21-9-5-2-6-10-21)18-22(27-23)13-16-24-14-11-20(12-15-24)17-19-7-3-1-4-8-19/h1-10,20,22H,11-18H2. The number of rotatable bonds is 6. The zero-order chi connectivity index (χ0) is 18.5. The average Bonchev–Trinajstić information content (AvgIpc) is 3.09. The smallest absolute Gasteiger partial charge is 0.414 e. The number of ether oxygens (including phenoxy) is 1. The molecule has 2 fully saturated rings. The van der Waals surface area contributed by atoms with Crippen molar-refractivity contribution in [2.75, 3.05) is 31.1 Å². The molecule has 2 heterocycles. The van der Waals surface area contributed by atoms with Gasteiger partial charge in [0, 0.05) is 12.2 Å². The lowest BCUT2D eigenvalue weighted by Gasteiger charge is -2.32. The average molecular weight is 364 g/mol. The highest BCUT2D eigenvalue weighted by Crippen LogP contribution is 2.25. The Morgan fingerprint density at radius 1 is 0.926 bits per heavy atom. The first-order chi connectivity index (χ1) is 13.3. The maximum Gasteiger partial charge on any atom is 0.414 e. The van der Waals surface area contributed by atoms with Crippen LogP contribution in [0, 0.1) is 5.92 Å². The van der Waals surface area contributed by atoms with Gasteiger partial charge in [-0.15, -0.1) is 0 Å². The molecular weight excluding hydrogens is 336 g/mol. The Labute approximate surface area is 161 Å². The van der Waals surface area contributed by atoms with Gasteiger partial charge in [0.2, 0.25) is 0 Å². The number of likely N-dealkylation sites (tertiary alicyclic amines) is 1. The van der Waals surface area contributed by atoms with Gasteiger partial charge in [-0.25, -0.2) is 4.79 Å². The normalized spacial score (nSPS) is 21.4. The molecule has 0 spiro atoms.